The Hall–Kier alpha value is -1.13. The molecule has 0 bridgehead atoms. The fraction of sp³-hybridized carbons (Fsp3) is 0.600. The number of methoxy groups -OCH3 is 1. The highest BCUT2D eigenvalue weighted by Crippen LogP contribution is 2.19. The summed E-state index contributed by atoms with van der Waals surface area (Å²) in [5.41, 5.74) is 0.637. The zero-order valence-corrected chi connectivity index (χ0v) is 12.0. The summed E-state index contributed by atoms with van der Waals surface area (Å²) in [4.78, 5) is 0. The van der Waals surface area contributed by atoms with Gasteiger partial charge in [-0.3, -0.25) is 0 Å². The molecule has 108 valence electrons. The Balaban J connectivity index is 2.19. The third-order valence-corrected chi connectivity index (χ3v) is 2.78. The second-order valence-electron chi connectivity index (χ2n) is 4.74. The van der Waals surface area contributed by atoms with E-state index in [-0.39, 0.29) is 5.82 Å². The molecule has 1 aromatic carbocycles. The van der Waals surface area contributed by atoms with Crippen molar-refractivity contribution >= 4 is 0 Å². The number of nitrogens with one attached hydrogen (secondary N) is 1. The molecule has 0 fully saturated rings. The Labute approximate surface area is 115 Å². The van der Waals surface area contributed by atoms with Crippen molar-refractivity contribution in [1.82, 2.24) is 5.32 Å². The molecule has 0 atom stereocenters. The number of unbranched alkanes of at least 4 members (excludes halogenated alkanes) is 1. The SMILES string of the molecule is COc1cccc(CNCCCCOC(C)C)c1F. The van der Waals surface area contributed by atoms with E-state index >= 15 is 0 Å². The van der Waals surface area contributed by atoms with Crippen molar-refractivity contribution in [3.63, 3.8) is 0 Å². The second kappa shape index (κ2) is 8.88. The summed E-state index contributed by atoms with van der Waals surface area (Å²) in [6.07, 6.45) is 2.34. The minimum Gasteiger partial charge on any atom is -0.494 e. The van der Waals surface area contributed by atoms with Crippen LogP contribution in [0.4, 0.5) is 4.39 Å². The van der Waals surface area contributed by atoms with Crippen molar-refractivity contribution in [2.75, 3.05) is 20.3 Å². The second-order valence-corrected chi connectivity index (χ2v) is 4.74. The van der Waals surface area contributed by atoms with Crippen molar-refractivity contribution in [3.8, 4) is 5.75 Å². The molecule has 0 saturated carbocycles. The minimum atomic E-state index is -0.277. The molecule has 1 N–H and O–H groups in total. The van der Waals surface area contributed by atoms with Crippen molar-refractivity contribution < 1.29 is 13.9 Å². The molecule has 0 saturated heterocycles. The summed E-state index contributed by atoms with van der Waals surface area (Å²) < 4.78 is 24.2. The smallest absolute Gasteiger partial charge is 0.169 e. The highest BCUT2D eigenvalue weighted by atomic mass is 19.1. The lowest BCUT2D eigenvalue weighted by Gasteiger charge is -2.09. The zero-order valence-electron chi connectivity index (χ0n) is 12.0. The molecule has 1 rings (SSSR count). The molecule has 0 heterocycles. The van der Waals surface area contributed by atoms with Crippen LogP contribution in [0, 0.1) is 5.82 Å². The van der Waals surface area contributed by atoms with Crippen molar-refractivity contribution in [2.45, 2.75) is 39.3 Å². The molecule has 0 aliphatic rings. The standard InChI is InChI=1S/C15H24FNO2/c1-12(2)19-10-5-4-9-17-11-13-7-6-8-14(18-3)15(13)16/h6-8,12,17H,4-5,9-11H2,1-3H3. The summed E-state index contributed by atoms with van der Waals surface area (Å²) in [6.45, 7) is 6.23. The third kappa shape index (κ3) is 6.03. The van der Waals surface area contributed by atoms with Gasteiger partial charge in [0.25, 0.3) is 0 Å². The summed E-state index contributed by atoms with van der Waals surface area (Å²) in [5, 5.41) is 3.23. The van der Waals surface area contributed by atoms with Crippen LogP contribution in [-0.2, 0) is 11.3 Å². The monoisotopic (exact) mass is 269 g/mol. The number of ether oxygens (including phenoxy) is 2. The summed E-state index contributed by atoms with van der Waals surface area (Å²) >= 11 is 0. The van der Waals surface area contributed by atoms with Gasteiger partial charge in [0.2, 0.25) is 0 Å². The van der Waals surface area contributed by atoms with Crippen LogP contribution in [0.3, 0.4) is 0 Å². The van der Waals surface area contributed by atoms with Crippen LogP contribution >= 0.6 is 0 Å². The van der Waals surface area contributed by atoms with Crippen LogP contribution in [0.1, 0.15) is 32.3 Å². The van der Waals surface area contributed by atoms with Crippen LogP contribution in [0.2, 0.25) is 0 Å². The first-order chi connectivity index (χ1) is 9.15. The average Bonchev–Trinajstić information content (AvgIpc) is 2.39. The van der Waals surface area contributed by atoms with Crippen LogP contribution in [-0.4, -0.2) is 26.4 Å². The summed E-state index contributed by atoms with van der Waals surface area (Å²) in [7, 11) is 1.48. The fourth-order valence-corrected chi connectivity index (χ4v) is 1.74. The molecule has 0 aromatic heterocycles. The highest BCUT2D eigenvalue weighted by molar-refractivity contribution is 5.30. The largest absolute Gasteiger partial charge is 0.494 e. The van der Waals surface area contributed by atoms with Gasteiger partial charge in [-0.15, -0.1) is 0 Å². The van der Waals surface area contributed by atoms with Gasteiger partial charge in [0.1, 0.15) is 0 Å². The van der Waals surface area contributed by atoms with Gasteiger partial charge < -0.3 is 14.8 Å². The van der Waals surface area contributed by atoms with E-state index in [0.717, 1.165) is 26.0 Å². The van der Waals surface area contributed by atoms with Crippen LogP contribution in [0.25, 0.3) is 0 Å². The topological polar surface area (TPSA) is 30.5 Å². The van der Waals surface area contributed by atoms with E-state index < -0.39 is 0 Å². The number of hydrogen-bond acceptors (Lipinski definition) is 3. The molecule has 19 heavy (non-hydrogen) atoms. The maximum absolute atomic E-state index is 13.8. The van der Waals surface area contributed by atoms with Crippen LogP contribution in [0.15, 0.2) is 18.2 Å². The van der Waals surface area contributed by atoms with Gasteiger partial charge in [0, 0.05) is 18.7 Å². The molecule has 0 amide bonds. The van der Waals surface area contributed by atoms with Crippen molar-refractivity contribution in [3.05, 3.63) is 29.6 Å². The van der Waals surface area contributed by atoms with Gasteiger partial charge in [-0.1, -0.05) is 12.1 Å². The Morgan fingerprint density at radius 1 is 1.26 bits per heavy atom. The van der Waals surface area contributed by atoms with Gasteiger partial charge in [0.05, 0.1) is 13.2 Å². The maximum Gasteiger partial charge on any atom is 0.169 e. The lowest BCUT2D eigenvalue weighted by molar-refractivity contribution is 0.0760. The van der Waals surface area contributed by atoms with E-state index in [2.05, 4.69) is 5.32 Å². The van der Waals surface area contributed by atoms with Crippen molar-refractivity contribution in [1.29, 1.82) is 0 Å². The van der Waals surface area contributed by atoms with E-state index in [1.807, 2.05) is 13.8 Å². The zero-order chi connectivity index (χ0) is 14.1. The Bertz CT molecular complexity index is 369. The van der Waals surface area contributed by atoms with E-state index in [4.69, 9.17) is 9.47 Å². The molecule has 4 heteroatoms. The van der Waals surface area contributed by atoms with Gasteiger partial charge in [-0.25, -0.2) is 4.39 Å². The van der Waals surface area contributed by atoms with Gasteiger partial charge in [-0.2, -0.15) is 0 Å². The van der Waals surface area contributed by atoms with Crippen LogP contribution in [0.5, 0.6) is 5.75 Å². The van der Waals surface area contributed by atoms with E-state index in [0.29, 0.717) is 24.0 Å². The first-order valence-corrected chi connectivity index (χ1v) is 6.79. The lowest BCUT2D eigenvalue weighted by atomic mass is 10.2. The van der Waals surface area contributed by atoms with Crippen LogP contribution < -0.4 is 10.1 Å². The van der Waals surface area contributed by atoms with Gasteiger partial charge in [0.15, 0.2) is 11.6 Å². The number of benzene rings is 1. The maximum atomic E-state index is 13.8. The Morgan fingerprint density at radius 3 is 2.74 bits per heavy atom. The summed E-state index contributed by atoms with van der Waals surface area (Å²) in [6, 6.07) is 5.20. The molecule has 0 aliphatic carbocycles. The number of rotatable bonds is 9. The normalized spacial score (nSPS) is 11.0. The average molecular weight is 269 g/mol. The van der Waals surface area contributed by atoms with Crippen molar-refractivity contribution in [2.24, 2.45) is 0 Å². The fourth-order valence-electron chi connectivity index (χ4n) is 1.74. The predicted octanol–water partition coefficient (Wildman–Crippen LogP) is 3.13. The lowest BCUT2D eigenvalue weighted by Crippen LogP contribution is -2.16. The van der Waals surface area contributed by atoms with E-state index in [1.165, 1.54) is 7.11 Å². The Kier molecular flexibility index (Phi) is 7.45. The number of halogens is 1. The molecular formula is C15H24FNO2. The summed E-state index contributed by atoms with van der Waals surface area (Å²) in [5.74, 6) is 0.0188. The molecule has 0 unspecified atom stereocenters. The molecule has 0 spiro atoms. The molecule has 1 aromatic rings. The molecule has 0 aliphatic heterocycles. The molecular weight excluding hydrogens is 245 g/mol. The minimum absolute atomic E-state index is 0.277. The van der Waals surface area contributed by atoms with E-state index in [9.17, 15) is 4.39 Å². The number of hydrogen-bond donors (Lipinski definition) is 1. The Morgan fingerprint density at radius 2 is 2.05 bits per heavy atom. The molecule has 0 radical (unpaired) electrons. The quantitative estimate of drug-likeness (QED) is 0.699. The first-order valence-electron chi connectivity index (χ1n) is 6.79. The first kappa shape index (κ1) is 15.9. The van der Waals surface area contributed by atoms with E-state index in [1.54, 1.807) is 18.2 Å². The van der Waals surface area contributed by atoms with Gasteiger partial charge >= 0.3 is 0 Å². The third-order valence-electron chi connectivity index (χ3n) is 2.78. The molecule has 3 nitrogen and oxygen atoms in total. The predicted molar refractivity (Wildman–Crippen MR) is 75.0 cm³/mol. The van der Waals surface area contributed by atoms with Gasteiger partial charge in [-0.05, 0) is 39.3 Å². The highest BCUT2D eigenvalue weighted by Gasteiger charge is 2.07.